The van der Waals surface area contributed by atoms with Gasteiger partial charge in [0.1, 0.15) is 11.2 Å². The second-order valence-corrected chi connectivity index (χ2v) is 7.74. The van der Waals surface area contributed by atoms with E-state index in [1.165, 1.54) is 0 Å². The van der Waals surface area contributed by atoms with Gasteiger partial charge in [-0.3, -0.25) is 9.52 Å². The summed E-state index contributed by atoms with van der Waals surface area (Å²) in [5, 5.41) is 0. The van der Waals surface area contributed by atoms with Crippen LogP contribution < -0.4 is 4.72 Å². The molecule has 2 rings (SSSR count). The smallest absolute Gasteiger partial charge is 0.263 e. The van der Waals surface area contributed by atoms with Crippen LogP contribution in [0.25, 0.3) is 0 Å². The second kappa shape index (κ2) is 6.29. The first-order valence-electron chi connectivity index (χ1n) is 5.87. The van der Waals surface area contributed by atoms with Crippen molar-refractivity contribution in [3.63, 3.8) is 0 Å². The van der Waals surface area contributed by atoms with E-state index >= 15 is 0 Å². The van der Waals surface area contributed by atoms with Crippen molar-refractivity contribution in [3.8, 4) is 0 Å². The number of nitrogens with one attached hydrogen (secondary N) is 1. The average Bonchev–Trinajstić information content (AvgIpc) is 2.43. The average molecular weight is 433 g/mol. The fourth-order valence-electron chi connectivity index (χ4n) is 1.67. The van der Waals surface area contributed by atoms with Crippen LogP contribution in [0, 0.1) is 6.92 Å². The molecule has 0 fully saturated rings. The van der Waals surface area contributed by atoms with Crippen LogP contribution in [0.15, 0.2) is 50.2 Å². The highest BCUT2D eigenvalue weighted by Gasteiger charge is 2.19. The maximum Gasteiger partial charge on any atom is 0.263 e. The number of carbonyl (C=O) groups is 1. The summed E-state index contributed by atoms with van der Waals surface area (Å²) in [5.74, 6) is 0. The number of aryl methyl sites for hydroxylation is 1. The van der Waals surface area contributed by atoms with Crippen LogP contribution in [0.3, 0.4) is 0 Å². The molecule has 0 aromatic heterocycles. The Labute approximate surface area is 139 Å². The van der Waals surface area contributed by atoms with Gasteiger partial charge in [-0.05, 0) is 64.8 Å². The summed E-state index contributed by atoms with van der Waals surface area (Å²) in [5.41, 5.74) is 1.80. The van der Waals surface area contributed by atoms with Gasteiger partial charge in [-0.25, -0.2) is 8.42 Å². The SMILES string of the molecule is Cc1cc(Br)c(S(=O)(=O)Nc2ccc(C=O)cc2)cc1Br. The van der Waals surface area contributed by atoms with Crippen molar-refractivity contribution in [2.24, 2.45) is 0 Å². The van der Waals surface area contributed by atoms with Crippen molar-refractivity contribution in [1.29, 1.82) is 0 Å². The van der Waals surface area contributed by atoms with E-state index in [0.717, 1.165) is 5.56 Å². The third kappa shape index (κ3) is 3.72. The van der Waals surface area contributed by atoms with E-state index in [1.807, 2.05) is 6.92 Å². The van der Waals surface area contributed by atoms with Crippen molar-refractivity contribution in [3.05, 3.63) is 56.5 Å². The maximum absolute atomic E-state index is 12.4. The van der Waals surface area contributed by atoms with Crippen molar-refractivity contribution < 1.29 is 13.2 Å². The molecule has 0 aliphatic carbocycles. The number of benzene rings is 2. The highest BCUT2D eigenvalue weighted by molar-refractivity contribution is 9.11. The fraction of sp³-hybridized carbons (Fsp3) is 0.0714. The van der Waals surface area contributed by atoms with Crippen LogP contribution in [0.5, 0.6) is 0 Å². The number of hydrogen-bond acceptors (Lipinski definition) is 3. The number of aldehydes is 1. The Morgan fingerprint density at radius 1 is 1.05 bits per heavy atom. The fourth-order valence-corrected chi connectivity index (χ4v) is 4.41. The molecule has 1 N–H and O–H groups in total. The van der Waals surface area contributed by atoms with Gasteiger partial charge in [-0.2, -0.15) is 0 Å². The molecular formula is C14H11Br2NO3S. The number of hydrogen-bond donors (Lipinski definition) is 1. The van der Waals surface area contributed by atoms with E-state index in [9.17, 15) is 13.2 Å². The molecule has 0 saturated heterocycles. The molecule has 110 valence electrons. The molecule has 0 aliphatic heterocycles. The Morgan fingerprint density at radius 3 is 2.24 bits per heavy atom. The van der Waals surface area contributed by atoms with E-state index in [1.54, 1.807) is 36.4 Å². The lowest BCUT2D eigenvalue weighted by molar-refractivity contribution is 0.112. The standard InChI is InChI=1S/C14H11Br2NO3S/c1-9-6-13(16)14(7-12(9)15)21(19,20)17-11-4-2-10(8-18)3-5-11/h2-8,17H,1H3. The first kappa shape index (κ1) is 16.2. The molecule has 2 aromatic carbocycles. The zero-order valence-electron chi connectivity index (χ0n) is 10.9. The largest absolute Gasteiger partial charge is 0.298 e. The van der Waals surface area contributed by atoms with Crippen LogP contribution in [0.1, 0.15) is 15.9 Å². The summed E-state index contributed by atoms with van der Waals surface area (Å²) in [4.78, 5) is 10.7. The van der Waals surface area contributed by atoms with Gasteiger partial charge in [0.2, 0.25) is 0 Å². The van der Waals surface area contributed by atoms with Gasteiger partial charge >= 0.3 is 0 Å². The molecule has 0 spiro atoms. The van der Waals surface area contributed by atoms with Gasteiger partial charge in [0.15, 0.2) is 0 Å². The van der Waals surface area contributed by atoms with E-state index < -0.39 is 10.0 Å². The van der Waals surface area contributed by atoms with Gasteiger partial charge in [-0.15, -0.1) is 0 Å². The molecule has 0 heterocycles. The number of rotatable bonds is 4. The quantitative estimate of drug-likeness (QED) is 0.738. The summed E-state index contributed by atoms with van der Waals surface area (Å²) in [7, 11) is -3.72. The predicted octanol–water partition coefficient (Wildman–Crippen LogP) is 4.13. The summed E-state index contributed by atoms with van der Waals surface area (Å²) in [6.07, 6.45) is 0.700. The molecule has 0 bridgehead atoms. The molecule has 0 atom stereocenters. The van der Waals surface area contributed by atoms with Crippen LogP contribution in [0.4, 0.5) is 5.69 Å². The first-order valence-corrected chi connectivity index (χ1v) is 8.94. The summed E-state index contributed by atoms with van der Waals surface area (Å²) >= 11 is 6.59. The number of anilines is 1. The van der Waals surface area contributed by atoms with Crippen molar-refractivity contribution in [2.45, 2.75) is 11.8 Å². The monoisotopic (exact) mass is 431 g/mol. The molecule has 0 aliphatic rings. The summed E-state index contributed by atoms with van der Waals surface area (Å²) in [6, 6.07) is 9.45. The predicted molar refractivity (Wildman–Crippen MR) is 89.2 cm³/mol. The minimum atomic E-state index is -3.72. The van der Waals surface area contributed by atoms with Crippen molar-refractivity contribution in [1.82, 2.24) is 0 Å². The second-order valence-electron chi connectivity index (χ2n) is 4.38. The molecule has 21 heavy (non-hydrogen) atoms. The summed E-state index contributed by atoms with van der Waals surface area (Å²) in [6.45, 7) is 1.87. The Bertz CT molecular complexity index is 787. The topological polar surface area (TPSA) is 63.2 Å². The summed E-state index contributed by atoms with van der Waals surface area (Å²) < 4.78 is 28.5. The normalized spacial score (nSPS) is 11.2. The van der Waals surface area contributed by atoms with Crippen LogP contribution in [0.2, 0.25) is 0 Å². The number of carbonyl (C=O) groups excluding carboxylic acids is 1. The third-order valence-electron chi connectivity index (χ3n) is 2.80. The molecular weight excluding hydrogens is 422 g/mol. The minimum absolute atomic E-state index is 0.138. The van der Waals surface area contributed by atoms with Crippen LogP contribution in [-0.4, -0.2) is 14.7 Å². The van der Waals surface area contributed by atoms with Gasteiger partial charge in [0.25, 0.3) is 10.0 Å². The minimum Gasteiger partial charge on any atom is -0.298 e. The van der Waals surface area contributed by atoms with Crippen molar-refractivity contribution >= 4 is 53.9 Å². The molecule has 7 heteroatoms. The zero-order chi connectivity index (χ0) is 15.6. The lowest BCUT2D eigenvalue weighted by Crippen LogP contribution is -2.13. The number of sulfonamides is 1. The molecule has 2 aromatic rings. The Kier molecular flexibility index (Phi) is 4.85. The van der Waals surface area contributed by atoms with Crippen LogP contribution >= 0.6 is 31.9 Å². The lowest BCUT2D eigenvalue weighted by Gasteiger charge is -2.11. The lowest BCUT2D eigenvalue weighted by atomic mass is 10.2. The zero-order valence-corrected chi connectivity index (χ0v) is 14.9. The first-order chi connectivity index (χ1) is 9.83. The molecule has 4 nitrogen and oxygen atoms in total. The van der Waals surface area contributed by atoms with E-state index in [2.05, 4.69) is 36.6 Å². The Morgan fingerprint density at radius 2 is 1.67 bits per heavy atom. The Hall–Kier alpha value is -1.18. The maximum atomic E-state index is 12.4. The molecule has 0 radical (unpaired) electrons. The van der Waals surface area contributed by atoms with E-state index in [-0.39, 0.29) is 4.90 Å². The molecule has 0 amide bonds. The van der Waals surface area contributed by atoms with E-state index in [0.29, 0.717) is 26.5 Å². The van der Waals surface area contributed by atoms with Gasteiger partial charge < -0.3 is 0 Å². The molecule has 0 unspecified atom stereocenters. The van der Waals surface area contributed by atoms with Gasteiger partial charge in [0.05, 0.1) is 0 Å². The van der Waals surface area contributed by atoms with Gasteiger partial charge in [-0.1, -0.05) is 15.9 Å². The van der Waals surface area contributed by atoms with Crippen molar-refractivity contribution in [2.75, 3.05) is 4.72 Å². The molecule has 0 saturated carbocycles. The Balaban J connectivity index is 2.38. The van der Waals surface area contributed by atoms with Crippen LogP contribution in [-0.2, 0) is 10.0 Å². The highest BCUT2D eigenvalue weighted by atomic mass is 79.9. The number of halogens is 2. The third-order valence-corrected chi connectivity index (χ3v) is 6.00. The van der Waals surface area contributed by atoms with Gasteiger partial charge in [0, 0.05) is 20.2 Å². The highest BCUT2D eigenvalue weighted by Crippen LogP contribution is 2.30. The van der Waals surface area contributed by atoms with E-state index in [4.69, 9.17) is 0 Å².